The summed E-state index contributed by atoms with van der Waals surface area (Å²) < 4.78 is 16.2. The second-order valence-corrected chi connectivity index (χ2v) is 10.4. The Morgan fingerprint density at radius 2 is 1.03 bits per heavy atom. The zero-order valence-electron chi connectivity index (χ0n) is 20.0. The number of ether oxygens (including phenoxy) is 2. The molecule has 0 aliphatic rings. The molecule has 7 rings (SSSR count). The van der Waals surface area contributed by atoms with E-state index in [1.165, 1.54) is 0 Å². The molecule has 0 bridgehead atoms. The van der Waals surface area contributed by atoms with Gasteiger partial charge in [-0.1, -0.05) is 59.6 Å². The van der Waals surface area contributed by atoms with E-state index in [0.29, 0.717) is 10.0 Å². The van der Waals surface area contributed by atoms with Crippen molar-refractivity contribution in [3.63, 3.8) is 0 Å². The van der Waals surface area contributed by atoms with Gasteiger partial charge in [0, 0.05) is 32.3 Å². The van der Waals surface area contributed by atoms with Crippen LogP contribution < -0.4 is 9.47 Å². The standard InChI is InChI=1S/C30H20Cl2N2O2S/c1-35-25-13-11-19(31)27-17-7-3-5-9-21(17)33(29(25)27)23-15-37-16-24(23)34-22-10-6-4-8-18(22)28-20(32)12-14-26(36-2)30(28)34/h3-16H,1-2H3. The molecule has 0 atom stereocenters. The molecule has 0 spiro atoms. The Labute approximate surface area is 226 Å². The summed E-state index contributed by atoms with van der Waals surface area (Å²) in [5.74, 6) is 1.52. The monoisotopic (exact) mass is 542 g/mol. The zero-order chi connectivity index (χ0) is 25.3. The molecule has 0 N–H and O–H groups in total. The molecule has 182 valence electrons. The molecule has 0 fully saturated rings. The highest BCUT2D eigenvalue weighted by molar-refractivity contribution is 7.08. The van der Waals surface area contributed by atoms with Crippen LogP contribution in [0.15, 0.2) is 83.6 Å². The molecule has 4 nitrogen and oxygen atoms in total. The summed E-state index contributed by atoms with van der Waals surface area (Å²) >= 11 is 15.2. The smallest absolute Gasteiger partial charge is 0.143 e. The predicted octanol–water partition coefficient (Wildman–Crippen LogP) is 9.27. The van der Waals surface area contributed by atoms with E-state index >= 15 is 0 Å². The maximum atomic E-state index is 6.79. The Morgan fingerprint density at radius 3 is 1.46 bits per heavy atom. The average molecular weight is 543 g/mol. The van der Waals surface area contributed by atoms with Crippen LogP contribution in [0.2, 0.25) is 10.0 Å². The maximum absolute atomic E-state index is 6.79. The molecule has 0 saturated carbocycles. The second kappa shape index (κ2) is 8.45. The van der Waals surface area contributed by atoms with E-state index < -0.39 is 0 Å². The van der Waals surface area contributed by atoms with E-state index in [1.807, 2.05) is 48.5 Å². The van der Waals surface area contributed by atoms with E-state index in [-0.39, 0.29) is 0 Å². The van der Waals surface area contributed by atoms with Gasteiger partial charge in [0.2, 0.25) is 0 Å². The number of hydrogen-bond acceptors (Lipinski definition) is 3. The van der Waals surface area contributed by atoms with Gasteiger partial charge >= 0.3 is 0 Å². The number of halogens is 2. The van der Waals surface area contributed by atoms with Gasteiger partial charge < -0.3 is 18.6 Å². The minimum absolute atomic E-state index is 0.688. The first kappa shape index (κ1) is 22.5. The largest absolute Gasteiger partial charge is 0.495 e. The summed E-state index contributed by atoms with van der Waals surface area (Å²) in [5.41, 5.74) is 6.00. The number of thiophene rings is 1. The lowest BCUT2D eigenvalue weighted by atomic mass is 10.1. The fourth-order valence-corrected chi connectivity index (χ4v) is 6.79. The molecule has 37 heavy (non-hydrogen) atoms. The van der Waals surface area contributed by atoms with E-state index in [2.05, 4.69) is 44.2 Å². The molecule has 3 heterocycles. The summed E-state index contributed by atoms with van der Waals surface area (Å²) in [6, 6.07) is 24.3. The fraction of sp³-hybridized carbons (Fsp3) is 0.0667. The summed E-state index contributed by atoms with van der Waals surface area (Å²) in [6.45, 7) is 0. The third-order valence-electron chi connectivity index (χ3n) is 7.00. The van der Waals surface area contributed by atoms with Crippen LogP contribution in [0.5, 0.6) is 11.5 Å². The van der Waals surface area contributed by atoms with Crippen LogP contribution in [0.4, 0.5) is 0 Å². The van der Waals surface area contributed by atoms with E-state index in [4.69, 9.17) is 32.7 Å². The average Bonchev–Trinajstić information content (AvgIpc) is 3.62. The molecule has 4 aromatic carbocycles. The molecule has 0 radical (unpaired) electrons. The molecule has 0 aliphatic carbocycles. The number of rotatable bonds is 4. The van der Waals surface area contributed by atoms with Gasteiger partial charge in [-0.3, -0.25) is 0 Å². The van der Waals surface area contributed by atoms with Crippen molar-refractivity contribution in [1.29, 1.82) is 0 Å². The topological polar surface area (TPSA) is 28.3 Å². The third kappa shape index (κ3) is 3.08. The van der Waals surface area contributed by atoms with Crippen LogP contribution in [0.1, 0.15) is 0 Å². The number of hydrogen-bond donors (Lipinski definition) is 0. The van der Waals surface area contributed by atoms with Gasteiger partial charge in [0.15, 0.2) is 0 Å². The molecular weight excluding hydrogens is 523 g/mol. The lowest BCUT2D eigenvalue weighted by molar-refractivity contribution is 0.418. The van der Waals surface area contributed by atoms with Crippen LogP contribution >= 0.6 is 34.5 Å². The van der Waals surface area contributed by atoms with Gasteiger partial charge in [-0.2, -0.15) is 0 Å². The van der Waals surface area contributed by atoms with Gasteiger partial charge in [-0.25, -0.2) is 0 Å². The number of aromatic nitrogens is 2. The highest BCUT2D eigenvalue weighted by Crippen LogP contribution is 2.46. The molecule has 0 aliphatic heterocycles. The van der Waals surface area contributed by atoms with Crippen LogP contribution in [0.3, 0.4) is 0 Å². The Balaban J connectivity index is 1.67. The molecule has 3 aromatic heterocycles. The first-order chi connectivity index (χ1) is 18.1. The molecular formula is C30H20Cl2N2O2S. The van der Waals surface area contributed by atoms with Gasteiger partial charge in [0.25, 0.3) is 0 Å². The van der Waals surface area contributed by atoms with E-state index in [0.717, 1.165) is 66.5 Å². The van der Waals surface area contributed by atoms with Gasteiger partial charge in [-0.05, 0) is 36.4 Å². The van der Waals surface area contributed by atoms with Crippen LogP contribution in [-0.4, -0.2) is 23.4 Å². The predicted molar refractivity (Wildman–Crippen MR) is 156 cm³/mol. The summed E-state index contributed by atoms with van der Waals surface area (Å²) in [5, 5.41) is 9.79. The van der Waals surface area contributed by atoms with Gasteiger partial charge in [0.1, 0.15) is 11.5 Å². The van der Waals surface area contributed by atoms with Crippen molar-refractivity contribution in [2.45, 2.75) is 0 Å². The van der Waals surface area contributed by atoms with Crippen molar-refractivity contribution in [2.24, 2.45) is 0 Å². The summed E-state index contributed by atoms with van der Waals surface area (Å²) in [7, 11) is 3.39. The van der Waals surface area contributed by atoms with Crippen LogP contribution in [0, 0.1) is 0 Å². The van der Waals surface area contributed by atoms with Crippen LogP contribution in [-0.2, 0) is 0 Å². The summed E-state index contributed by atoms with van der Waals surface area (Å²) in [4.78, 5) is 0. The first-order valence-electron chi connectivity index (χ1n) is 11.7. The Hall–Kier alpha value is -3.64. The molecule has 0 unspecified atom stereocenters. The Bertz CT molecular complexity index is 1860. The Morgan fingerprint density at radius 1 is 0.595 bits per heavy atom. The molecule has 0 saturated heterocycles. The maximum Gasteiger partial charge on any atom is 0.143 e. The minimum atomic E-state index is 0.688. The van der Waals surface area contributed by atoms with E-state index in [9.17, 15) is 0 Å². The molecule has 0 amide bonds. The number of benzene rings is 4. The number of nitrogens with zero attached hydrogens (tertiary/aromatic N) is 2. The third-order valence-corrected chi connectivity index (χ3v) is 8.35. The van der Waals surface area contributed by atoms with Crippen molar-refractivity contribution in [3.8, 4) is 22.9 Å². The quantitative estimate of drug-likeness (QED) is 0.221. The molecule has 7 aromatic rings. The highest BCUT2D eigenvalue weighted by Gasteiger charge is 2.24. The summed E-state index contributed by atoms with van der Waals surface area (Å²) in [6.07, 6.45) is 0. The minimum Gasteiger partial charge on any atom is -0.495 e. The normalized spacial score (nSPS) is 11.8. The van der Waals surface area contributed by atoms with Crippen molar-refractivity contribution in [1.82, 2.24) is 9.13 Å². The second-order valence-electron chi connectivity index (χ2n) is 8.79. The molecule has 7 heteroatoms. The lowest BCUT2D eigenvalue weighted by Crippen LogP contribution is -2.02. The Kier molecular flexibility index (Phi) is 5.15. The number of para-hydroxylation sites is 2. The van der Waals surface area contributed by atoms with Crippen molar-refractivity contribution < 1.29 is 9.47 Å². The SMILES string of the molecule is COc1ccc(Cl)c2c3ccccc3n(-c3cscc3-n3c4ccccc4c4c(Cl)ccc(OC)c43)c12. The van der Waals surface area contributed by atoms with E-state index in [1.54, 1.807) is 25.6 Å². The first-order valence-corrected chi connectivity index (χ1v) is 13.4. The van der Waals surface area contributed by atoms with Crippen molar-refractivity contribution >= 4 is 78.2 Å². The highest BCUT2D eigenvalue weighted by atomic mass is 35.5. The van der Waals surface area contributed by atoms with Crippen LogP contribution in [0.25, 0.3) is 55.0 Å². The number of methoxy groups -OCH3 is 2. The van der Waals surface area contributed by atoms with Crippen molar-refractivity contribution in [3.05, 3.63) is 93.6 Å². The lowest BCUT2D eigenvalue weighted by Gasteiger charge is -2.15. The van der Waals surface area contributed by atoms with Gasteiger partial charge in [-0.15, -0.1) is 11.3 Å². The van der Waals surface area contributed by atoms with Gasteiger partial charge in [0.05, 0.1) is 57.7 Å². The fourth-order valence-electron chi connectivity index (χ4n) is 5.50. The zero-order valence-corrected chi connectivity index (χ0v) is 22.3. The van der Waals surface area contributed by atoms with Crippen molar-refractivity contribution in [2.75, 3.05) is 14.2 Å². The number of fused-ring (bicyclic) bond motifs is 6.